The molecule has 8 atom stereocenters. The van der Waals surface area contributed by atoms with Gasteiger partial charge in [0, 0.05) is 12.8 Å². The Bertz CT molecular complexity index is 932. The first-order valence-corrected chi connectivity index (χ1v) is 20.0. The van der Waals surface area contributed by atoms with Crippen LogP contribution >= 0.6 is 7.82 Å². The molecule has 1 aliphatic rings. The number of ether oxygens (including phenoxy) is 2. The van der Waals surface area contributed by atoms with Crippen molar-refractivity contribution < 1.29 is 63.1 Å². The van der Waals surface area contributed by atoms with Crippen molar-refractivity contribution in [1.82, 2.24) is 0 Å². The number of rotatable bonds is 29. The van der Waals surface area contributed by atoms with Gasteiger partial charge < -0.3 is 39.9 Å². The summed E-state index contributed by atoms with van der Waals surface area (Å²) in [5, 5.41) is 49.8. The molecule has 1 rings (SSSR count). The van der Waals surface area contributed by atoms with Crippen LogP contribution in [0.4, 0.5) is 0 Å². The SMILES string of the molecule is CCCCCC/C=C\CCCCCCCC(=O)O[C@H](COC(=O)CCCCCCCCC)COP(=O)(O)OC1C(O)C(O)C(O)[C@@H](O)C1O. The summed E-state index contributed by atoms with van der Waals surface area (Å²) in [6.07, 6.45) is 10.4. The summed E-state index contributed by atoms with van der Waals surface area (Å²) in [6.45, 7) is 3.17. The summed E-state index contributed by atoms with van der Waals surface area (Å²) in [7, 11) is -5.10. The fraction of sp³-hybridized carbons (Fsp3) is 0.886. The number of esters is 2. The number of unbranched alkanes of at least 4 members (excludes halogenated alkanes) is 15. The minimum Gasteiger partial charge on any atom is -0.462 e. The van der Waals surface area contributed by atoms with E-state index in [1.807, 2.05) is 0 Å². The van der Waals surface area contributed by atoms with Crippen molar-refractivity contribution >= 4 is 19.8 Å². The van der Waals surface area contributed by atoms with Crippen molar-refractivity contribution in [2.75, 3.05) is 13.2 Å². The van der Waals surface area contributed by atoms with E-state index < -0.39 is 75.7 Å². The van der Waals surface area contributed by atoms with Gasteiger partial charge in [0.25, 0.3) is 0 Å². The number of carbonyl (C=O) groups excluding carboxylic acids is 2. The number of allylic oxidation sites excluding steroid dienone is 2. The van der Waals surface area contributed by atoms with Crippen LogP contribution < -0.4 is 0 Å². The molecule has 0 radical (unpaired) electrons. The van der Waals surface area contributed by atoms with Gasteiger partial charge >= 0.3 is 19.8 Å². The topological polar surface area (TPSA) is 210 Å². The zero-order valence-electron chi connectivity index (χ0n) is 29.7. The molecule has 0 aromatic rings. The van der Waals surface area contributed by atoms with E-state index in [0.717, 1.165) is 70.6 Å². The number of phosphoric ester groups is 1. The maximum Gasteiger partial charge on any atom is 0.472 e. The predicted octanol–water partition coefficient (Wildman–Crippen LogP) is 5.16. The van der Waals surface area contributed by atoms with Gasteiger partial charge in [-0.2, -0.15) is 0 Å². The molecule has 0 aromatic carbocycles. The Morgan fingerprint density at radius 2 is 1.04 bits per heavy atom. The molecule has 6 N–H and O–H groups in total. The van der Waals surface area contributed by atoms with Crippen LogP contribution in [-0.2, 0) is 32.7 Å². The van der Waals surface area contributed by atoms with Crippen LogP contribution in [0.5, 0.6) is 0 Å². The van der Waals surface area contributed by atoms with Crippen LogP contribution in [0.15, 0.2) is 12.2 Å². The highest BCUT2D eigenvalue weighted by Gasteiger charge is 2.51. The van der Waals surface area contributed by atoms with Crippen molar-refractivity contribution in [3.63, 3.8) is 0 Å². The first-order valence-electron chi connectivity index (χ1n) is 18.5. The van der Waals surface area contributed by atoms with Gasteiger partial charge in [0.05, 0.1) is 6.61 Å². The monoisotopic (exact) mass is 724 g/mol. The summed E-state index contributed by atoms with van der Waals surface area (Å²) in [4.78, 5) is 35.2. The molecular weight excluding hydrogens is 659 g/mol. The largest absolute Gasteiger partial charge is 0.472 e. The Kier molecular flexibility index (Phi) is 25.4. The normalized spacial score (nSPS) is 24.5. The van der Waals surface area contributed by atoms with Gasteiger partial charge in [-0.05, 0) is 38.5 Å². The van der Waals surface area contributed by atoms with Gasteiger partial charge in [0.15, 0.2) is 6.10 Å². The quantitative estimate of drug-likeness (QED) is 0.0255. The lowest BCUT2D eigenvalue weighted by atomic mass is 9.85. The molecule has 288 valence electrons. The summed E-state index contributed by atoms with van der Waals surface area (Å²) < 4.78 is 33.2. The Hall–Kier alpha value is -1.41. The summed E-state index contributed by atoms with van der Waals surface area (Å²) in [5.41, 5.74) is 0. The molecule has 1 aliphatic carbocycles. The third-order valence-electron chi connectivity index (χ3n) is 8.61. The van der Waals surface area contributed by atoms with E-state index in [1.54, 1.807) is 0 Å². The van der Waals surface area contributed by atoms with Crippen LogP contribution in [0.3, 0.4) is 0 Å². The highest BCUT2D eigenvalue weighted by molar-refractivity contribution is 7.47. The lowest BCUT2D eigenvalue weighted by Crippen LogP contribution is -2.64. The standard InChI is InChI=1S/C35H65O13P/c1-3-5-7-9-11-12-13-14-15-16-18-20-22-24-29(37)47-27(25-45-28(36)23-21-19-17-10-8-6-4-2)26-46-49(43,44)48-35-33(41)31(39)30(38)32(40)34(35)42/h12-13,27,30-35,38-42H,3-11,14-26H2,1-2H3,(H,43,44)/b13-12-/t27-,30?,31-,32?,33?,34?,35?/m1/s1. The van der Waals surface area contributed by atoms with E-state index in [9.17, 15) is 44.6 Å². The first-order chi connectivity index (χ1) is 23.4. The second-order valence-electron chi connectivity index (χ2n) is 13.1. The first kappa shape index (κ1) is 45.6. The molecule has 13 nitrogen and oxygen atoms in total. The Morgan fingerprint density at radius 1 is 0.612 bits per heavy atom. The number of hydrogen-bond donors (Lipinski definition) is 6. The maximum absolute atomic E-state index is 12.7. The second-order valence-corrected chi connectivity index (χ2v) is 14.5. The van der Waals surface area contributed by atoms with E-state index in [0.29, 0.717) is 12.8 Å². The Morgan fingerprint density at radius 3 is 1.57 bits per heavy atom. The molecule has 0 spiro atoms. The minimum absolute atomic E-state index is 0.0893. The van der Waals surface area contributed by atoms with E-state index in [1.165, 1.54) is 32.1 Å². The van der Waals surface area contributed by atoms with E-state index >= 15 is 0 Å². The summed E-state index contributed by atoms with van der Waals surface area (Å²) in [5.74, 6) is -1.12. The minimum atomic E-state index is -5.10. The molecule has 1 fully saturated rings. The number of hydrogen-bond acceptors (Lipinski definition) is 12. The zero-order valence-corrected chi connectivity index (χ0v) is 30.6. The average Bonchev–Trinajstić information content (AvgIpc) is 3.07. The smallest absolute Gasteiger partial charge is 0.462 e. The highest BCUT2D eigenvalue weighted by Crippen LogP contribution is 2.47. The molecule has 0 bridgehead atoms. The Balaban J connectivity index is 2.56. The van der Waals surface area contributed by atoms with E-state index in [2.05, 4.69) is 26.0 Å². The predicted molar refractivity (Wildman–Crippen MR) is 184 cm³/mol. The number of aliphatic hydroxyl groups excluding tert-OH is 5. The molecule has 6 unspecified atom stereocenters. The van der Waals surface area contributed by atoms with Gasteiger partial charge in [-0.1, -0.05) is 103 Å². The Labute approximate surface area is 293 Å². The third kappa shape index (κ3) is 20.9. The van der Waals surface area contributed by atoms with Crippen LogP contribution in [0.1, 0.15) is 142 Å². The number of phosphoric acid groups is 1. The van der Waals surface area contributed by atoms with Crippen LogP contribution in [-0.4, -0.2) is 98.3 Å². The number of carbonyl (C=O) groups is 2. The summed E-state index contributed by atoms with van der Waals surface area (Å²) in [6, 6.07) is 0. The van der Waals surface area contributed by atoms with Crippen LogP contribution in [0.25, 0.3) is 0 Å². The summed E-state index contributed by atoms with van der Waals surface area (Å²) >= 11 is 0. The molecule has 49 heavy (non-hydrogen) atoms. The van der Waals surface area contributed by atoms with Gasteiger partial charge in [0.1, 0.15) is 43.2 Å². The average molecular weight is 725 g/mol. The van der Waals surface area contributed by atoms with Crippen molar-refractivity contribution in [2.45, 2.75) is 185 Å². The van der Waals surface area contributed by atoms with Crippen molar-refractivity contribution in [3.05, 3.63) is 12.2 Å². The molecule has 14 heteroatoms. The van der Waals surface area contributed by atoms with Gasteiger partial charge in [0.2, 0.25) is 0 Å². The maximum atomic E-state index is 12.7. The third-order valence-corrected chi connectivity index (χ3v) is 9.59. The zero-order chi connectivity index (χ0) is 36.5. The van der Waals surface area contributed by atoms with Crippen molar-refractivity contribution in [2.24, 2.45) is 0 Å². The lowest BCUT2D eigenvalue weighted by Gasteiger charge is -2.41. The molecule has 1 saturated carbocycles. The van der Waals surface area contributed by atoms with Gasteiger partial charge in [-0.15, -0.1) is 0 Å². The molecule has 0 heterocycles. The fourth-order valence-electron chi connectivity index (χ4n) is 5.52. The fourth-order valence-corrected chi connectivity index (χ4v) is 6.49. The van der Waals surface area contributed by atoms with Crippen molar-refractivity contribution in [3.8, 4) is 0 Å². The molecule has 0 amide bonds. The second kappa shape index (κ2) is 27.3. The van der Waals surface area contributed by atoms with E-state index in [4.69, 9.17) is 18.5 Å². The van der Waals surface area contributed by atoms with E-state index in [-0.39, 0.29) is 12.8 Å². The van der Waals surface area contributed by atoms with Crippen LogP contribution in [0.2, 0.25) is 0 Å². The molecular formula is C35H65O13P. The van der Waals surface area contributed by atoms with Gasteiger partial charge in [-0.25, -0.2) is 4.57 Å². The molecule has 0 saturated heterocycles. The van der Waals surface area contributed by atoms with Crippen molar-refractivity contribution in [1.29, 1.82) is 0 Å². The van der Waals surface area contributed by atoms with Crippen LogP contribution in [0, 0.1) is 0 Å². The molecule has 0 aromatic heterocycles. The van der Waals surface area contributed by atoms with Gasteiger partial charge in [-0.3, -0.25) is 18.6 Å². The number of aliphatic hydroxyl groups is 5. The molecule has 0 aliphatic heterocycles. The highest BCUT2D eigenvalue weighted by atomic mass is 31.2. The lowest BCUT2D eigenvalue weighted by molar-refractivity contribution is -0.220.